The molecule has 3 aromatic rings. The van der Waals surface area contributed by atoms with Crippen molar-refractivity contribution in [1.82, 2.24) is 5.32 Å². The van der Waals surface area contributed by atoms with Crippen molar-refractivity contribution < 1.29 is 18.7 Å². The van der Waals surface area contributed by atoms with E-state index < -0.39 is 29.6 Å². The van der Waals surface area contributed by atoms with Gasteiger partial charge in [0.15, 0.2) is 0 Å². The molecule has 3 aromatic carbocycles. The fourth-order valence-electron chi connectivity index (χ4n) is 3.80. The maximum atomic E-state index is 13.7. The van der Waals surface area contributed by atoms with Gasteiger partial charge in [-0.1, -0.05) is 63.2 Å². The Kier molecular flexibility index (Phi) is 8.53. The Bertz CT molecular complexity index is 1080. The summed E-state index contributed by atoms with van der Waals surface area (Å²) in [5.74, 6) is -2.76. The highest BCUT2D eigenvalue weighted by atomic mass is 19.1. The van der Waals surface area contributed by atoms with E-state index in [4.69, 9.17) is 0 Å². The van der Waals surface area contributed by atoms with E-state index in [9.17, 15) is 18.7 Å². The van der Waals surface area contributed by atoms with Crippen LogP contribution in [-0.4, -0.2) is 23.7 Å². The minimum Gasteiger partial charge on any atom is -0.391 e. The Hall–Kier alpha value is -3.09. The highest BCUT2D eigenvalue weighted by Gasteiger charge is 2.27. The van der Waals surface area contributed by atoms with E-state index in [0.717, 1.165) is 11.6 Å². The molecule has 34 heavy (non-hydrogen) atoms. The van der Waals surface area contributed by atoms with E-state index in [-0.39, 0.29) is 18.4 Å². The summed E-state index contributed by atoms with van der Waals surface area (Å²) in [6, 6.07) is 20.2. The molecule has 2 unspecified atom stereocenters. The van der Waals surface area contributed by atoms with Gasteiger partial charge in [-0.05, 0) is 52.8 Å². The third kappa shape index (κ3) is 7.47. The normalized spacial score (nSPS) is 13.4. The van der Waals surface area contributed by atoms with E-state index in [1.165, 1.54) is 17.7 Å². The van der Waals surface area contributed by atoms with Crippen molar-refractivity contribution in [2.45, 2.75) is 45.3 Å². The first-order valence-corrected chi connectivity index (χ1v) is 11.4. The number of amides is 1. The van der Waals surface area contributed by atoms with Gasteiger partial charge in [0.25, 0.3) is 0 Å². The second-order valence-corrected chi connectivity index (χ2v) is 9.59. The zero-order valence-corrected chi connectivity index (χ0v) is 19.8. The average molecular weight is 467 g/mol. The monoisotopic (exact) mass is 466 g/mol. The topological polar surface area (TPSA) is 61.4 Å². The summed E-state index contributed by atoms with van der Waals surface area (Å²) in [5, 5.41) is 16.9. The fraction of sp³-hybridized carbons (Fsp3) is 0.321. The largest absolute Gasteiger partial charge is 0.391 e. The van der Waals surface area contributed by atoms with Gasteiger partial charge in [-0.25, -0.2) is 8.78 Å². The number of benzene rings is 3. The smallest absolute Gasteiger partial charge is 0.230 e. The molecule has 0 bridgehead atoms. The van der Waals surface area contributed by atoms with Crippen LogP contribution in [0, 0.1) is 17.6 Å². The van der Waals surface area contributed by atoms with Crippen LogP contribution < -0.4 is 10.6 Å². The molecular formula is C28H32F2N2O2. The van der Waals surface area contributed by atoms with Crippen LogP contribution in [0.5, 0.6) is 0 Å². The molecule has 0 saturated carbocycles. The van der Waals surface area contributed by atoms with Crippen LogP contribution in [0.25, 0.3) is 0 Å². The highest BCUT2D eigenvalue weighted by Crippen LogP contribution is 2.23. The van der Waals surface area contributed by atoms with Crippen LogP contribution in [0.4, 0.5) is 14.5 Å². The van der Waals surface area contributed by atoms with Crippen LogP contribution >= 0.6 is 0 Å². The van der Waals surface area contributed by atoms with E-state index >= 15 is 0 Å². The first kappa shape index (κ1) is 25.5. The average Bonchev–Trinajstić information content (AvgIpc) is 2.77. The molecule has 0 aliphatic rings. The maximum absolute atomic E-state index is 13.7. The molecule has 4 nitrogen and oxygen atoms in total. The van der Waals surface area contributed by atoms with Crippen molar-refractivity contribution in [3.05, 3.63) is 101 Å². The van der Waals surface area contributed by atoms with Crippen LogP contribution in [-0.2, 0) is 23.2 Å². The molecule has 2 atom stereocenters. The van der Waals surface area contributed by atoms with Gasteiger partial charge in [-0.2, -0.15) is 0 Å². The molecule has 0 heterocycles. The number of aliphatic hydroxyl groups excluding tert-OH is 1. The van der Waals surface area contributed by atoms with Gasteiger partial charge >= 0.3 is 0 Å². The lowest BCUT2D eigenvalue weighted by atomic mass is 9.86. The van der Waals surface area contributed by atoms with Crippen LogP contribution in [0.1, 0.15) is 37.5 Å². The van der Waals surface area contributed by atoms with Crippen molar-refractivity contribution in [1.29, 1.82) is 0 Å². The zero-order chi connectivity index (χ0) is 24.7. The summed E-state index contributed by atoms with van der Waals surface area (Å²) >= 11 is 0. The van der Waals surface area contributed by atoms with Gasteiger partial charge in [-0.15, -0.1) is 0 Å². The summed E-state index contributed by atoms with van der Waals surface area (Å²) < 4.78 is 27.4. The van der Waals surface area contributed by atoms with Gasteiger partial charge in [0.2, 0.25) is 5.91 Å². The van der Waals surface area contributed by atoms with Gasteiger partial charge in [-0.3, -0.25) is 4.79 Å². The van der Waals surface area contributed by atoms with E-state index in [2.05, 4.69) is 43.5 Å². The maximum Gasteiger partial charge on any atom is 0.230 e. The zero-order valence-electron chi connectivity index (χ0n) is 19.8. The van der Waals surface area contributed by atoms with Crippen molar-refractivity contribution in [2.75, 3.05) is 11.9 Å². The molecule has 3 N–H and O–H groups in total. The Morgan fingerprint density at radius 1 is 0.912 bits per heavy atom. The molecule has 0 aliphatic carbocycles. The summed E-state index contributed by atoms with van der Waals surface area (Å²) in [5.41, 5.74) is 3.19. The fourth-order valence-corrected chi connectivity index (χ4v) is 3.80. The summed E-state index contributed by atoms with van der Waals surface area (Å²) in [6.07, 6.45) is -1.07. The van der Waals surface area contributed by atoms with Crippen LogP contribution in [0.2, 0.25) is 0 Å². The number of halogens is 2. The lowest BCUT2D eigenvalue weighted by molar-refractivity contribution is -0.123. The van der Waals surface area contributed by atoms with Gasteiger partial charge < -0.3 is 15.7 Å². The first-order chi connectivity index (χ1) is 16.1. The molecule has 0 saturated heterocycles. The molecule has 1 amide bonds. The number of rotatable bonds is 9. The van der Waals surface area contributed by atoms with Gasteiger partial charge in [0, 0.05) is 24.8 Å². The van der Waals surface area contributed by atoms with E-state index in [0.29, 0.717) is 17.8 Å². The van der Waals surface area contributed by atoms with Crippen molar-refractivity contribution in [3.63, 3.8) is 0 Å². The molecule has 0 spiro atoms. The summed E-state index contributed by atoms with van der Waals surface area (Å²) in [6.45, 7) is 7.10. The standard InChI is InChI=1S/C28H32F2N2O2/c1-28(2,3)21-9-7-8-19(12-21)17-31-18-26(33)25(15-20-13-22(29)16-23(30)14-20)27(34)32-24-10-5-4-6-11-24/h4-14,16,25-26,31,33H,15,17-18H2,1-3H3,(H,32,34). The van der Waals surface area contributed by atoms with Gasteiger partial charge in [0.1, 0.15) is 11.6 Å². The Morgan fingerprint density at radius 3 is 2.24 bits per heavy atom. The number of carbonyl (C=O) groups excluding carboxylic acids is 1. The molecular weight excluding hydrogens is 434 g/mol. The molecule has 3 rings (SSSR count). The number of nitrogens with one attached hydrogen (secondary N) is 2. The Balaban J connectivity index is 1.70. The second-order valence-electron chi connectivity index (χ2n) is 9.59. The molecule has 0 radical (unpaired) electrons. The minimum atomic E-state index is -1.07. The lowest BCUT2D eigenvalue weighted by Crippen LogP contribution is -2.40. The Labute approximate surface area is 200 Å². The minimum absolute atomic E-state index is 0.00426. The summed E-state index contributed by atoms with van der Waals surface area (Å²) in [7, 11) is 0. The lowest BCUT2D eigenvalue weighted by Gasteiger charge is -2.23. The quantitative estimate of drug-likeness (QED) is 0.406. The Morgan fingerprint density at radius 2 is 1.59 bits per heavy atom. The van der Waals surface area contributed by atoms with E-state index in [1.54, 1.807) is 24.3 Å². The third-order valence-corrected chi connectivity index (χ3v) is 5.70. The second kappa shape index (κ2) is 11.4. The number of aliphatic hydroxyl groups is 1. The first-order valence-electron chi connectivity index (χ1n) is 11.4. The van der Waals surface area contributed by atoms with Crippen molar-refractivity contribution >= 4 is 11.6 Å². The highest BCUT2D eigenvalue weighted by molar-refractivity contribution is 5.93. The molecule has 180 valence electrons. The SMILES string of the molecule is CC(C)(C)c1cccc(CNCC(O)C(Cc2cc(F)cc(F)c2)C(=O)Nc2ccccc2)c1. The predicted molar refractivity (Wildman–Crippen MR) is 131 cm³/mol. The summed E-state index contributed by atoms with van der Waals surface area (Å²) in [4.78, 5) is 13.0. The number of anilines is 1. The van der Waals surface area contributed by atoms with Crippen molar-refractivity contribution in [3.8, 4) is 0 Å². The molecule has 0 aliphatic heterocycles. The van der Waals surface area contributed by atoms with Crippen LogP contribution in [0.3, 0.4) is 0 Å². The number of para-hydroxylation sites is 1. The molecule has 0 aromatic heterocycles. The number of hydrogen-bond acceptors (Lipinski definition) is 3. The number of hydrogen-bond donors (Lipinski definition) is 3. The van der Waals surface area contributed by atoms with Crippen LogP contribution in [0.15, 0.2) is 72.8 Å². The third-order valence-electron chi connectivity index (χ3n) is 5.70. The predicted octanol–water partition coefficient (Wildman–Crippen LogP) is 5.21. The molecule has 0 fully saturated rings. The molecule has 6 heteroatoms. The van der Waals surface area contributed by atoms with Gasteiger partial charge in [0.05, 0.1) is 12.0 Å². The van der Waals surface area contributed by atoms with Crippen molar-refractivity contribution in [2.24, 2.45) is 5.92 Å². The number of carbonyl (C=O) groups is 1. The van der Waals surface area contributed by atoms with E-state index in [1.807, 2.05) is 18.2 Å².